The zero-order valence-corrected chi connectivity index (χ0v) is 49.8. The lowest BCUT2D eigenvalue weighted by atomic mass is 9.64. The maximum Gasteiger partial charge on any atom is 0.113 e. The summed E-state index contributed by atoms with van der Waals surface area (Å²) in [6.45, 7) is 0. The molecule has 3 heterocycles. The van der Waals surface area contributed by atoms with E-state index in [1.807, 2.05) is 0 Å². The highest BCUT2D eigenvalue weighted by atomic mass is 16.5. The van der Waals surface area contributed by atoms with Crippen molar-refractivity contribution in [1.29, 1.82) is 0 Å². The smallest absolute Gasteiger partial charge is 0.113 e. The SMILES string of the molecule is C1CCC(N(C2CCCCC2)C2CCC3C(C2)C2CCCCC2C3C2CCC(C3CCC4C(N3)OC3NC(C5CCC(C6C7CCCCC7C7CC(N(C8CCCCC8)C8CCCCC8)CCC76)CC5)CCC34)CC2)CC1. The fourth-order valence-electron chi connectivity index (χ4n) is 26.4. The fraction of sp³-hybridized carbons (Fsp3) is 1.00. The molecule has 0 amide bonds. The van der Waals surface area contributed by atoms with Gasteiger partial charge in [0.15, 0.2) is 0 Å². The van der Waals surface area contributed by atoms with Crippen molar-refractivity contribution in [2.45, 2.75) is 356 Å². The van der Waals surface area contributed by atoms with Gasteiger partial charge in [-0.15, -0.1) is 0 Å². The second-order valence-electron chi connectivity index (χ2n) is 32.4. The van der Waals surface area contributed by atoms with Gasteiger partial charge in [-0.1, -0.05) is 103 Å². The van der Waals surface area contributed by atoms with Gasteiger partial charge in [0.1, 0.15) is 12.5 Å². The molecule has 15 aliphatic rings. The Morgan fingerprint density at radius 1 is 0.221 bits per heavy atom. The van der Waals surface area contributed by atoms with Gasteiger partial charge in [-0.2, -0.15) is 0 Å². The first kappa shape index (κ1) is 53.5. The van der Waals surface area contributed by atoms with E-state index < -0.39 is 0 Å². The second kappa shape index (κ2) is 24.0. The topological polar surface area (TPSA) is 39.8 Å². The van der Waals surface area contributed by atoms with E-state index in [0.717, 1.165) is 131 Å². The number of fused-ring (bicyclic) bond motifs is 9. The molecule has 0 radical (unpaired) electrons. The Balaban J connectivity index is 0.538. The number of ether oxygens (including phenoxy) is 1. The van der Waals surface area contributed by atoms with Gasteiger partial charge >= 0.3 is 0 Å². The lowest BCUT2D eigenvalue weighted by Gasteiger charge is -2.50. The first-order chi connectivity index (χ1) is 38.2. The third-order valence-electron chi connectivity index (χ3n) is 29.4. The minimum atomic E-state index is 0.310. The molecule has 77 heavy (non-hydrogen) atoms. The lowest BCUT2D eigenvalue weighted by molar-refractivity contribution is -0.0467. The van der Waals surface area contributed by atoms with E-state index in [-0.39, 0.29) is 0 Å². The molecule has 15 rings (SSSR count). The van der Waals surface area contributed by atoms with Crippen molar-refractivity contribution in [3.63, 3.8) is 0 Å². The Labute approximate surface area is 473 Å². The highest BCUT2D eigenvalue weighted by molar-refractivity contribution is 5.09. The quantitative estimate of drug-likeness (QED) is 0.228. The van der Waals surface area contributed by atoms with E-state index in [0.29, 0.717) is 24.5 Å². The van der Waals surface area contributed by atoms with Crippen LogP contribution in [0.4, 0.5) is 0 Å². The van der Waals surface area contributed by atoms with Gasteiger partial charge in [0.25, 0.3) is 0 Å². The molecule has 3 saturated heterocycles. The van der Waals surface area contributed by atoms with Crippen LogP contribution in [0.3, 0.4) is 0 Å². The highest BCUT2D eigenvalue weighted by Crippen LogP contribution is 2.64. The number of nitrogens with zero attached hydrogens (tertiary/aromatic N) is 2. The molecule has 0 aromatic rings. The number of rotatable bonds is 10. The van der Waals surface area contributed by atoms with Gasteiger partial charge in [0, 0.05) is 60.2 Å². The van der Waals surface area contributed by atoms with Crippen molar-refractivity contribution < 1.29 is 4.74 Å². The van der Waals surface area contributed by atoms with Gasteiger partial charge in [-0.3, -0.25) is 20.4 Å². The van der Waals surface area contributed by atoms with Gasteiger partial charge in [0.05, 0.1) is 0 Å². The van der Waals surface area contributed by atoms with Crippen LogP contribution in [0.25, 0.3) is 0 Å². The summed E-state index contributed by atoms with van der Waals surface area (Å²) < 4.78 is 7.23. The van der Waals surface area contributed by atoms with Crippen molar-refractivity contribution >= 4 is 0 Å². The van der Waals surface area contributed by atoms with Gasteiger partial charge in [-0.05, 0) is 275 Å². The van der Waals surface area contributed by atoms with Gasteiger partial charge in [0.2, 0.25) is 0 Å². The van der Waals surface area contributed by atoms with Crippen molar-refractivity contribution in [3.05, 3.63) is 0 Å². The second-order valence-corrected chi connectivity index (χ2v) is 32.4. The predicted molar refractivity (Wildman–Crippen MR) is 317 cm³/mol. The lowest BCUT2D eigenvalue weighted by Crippen LogP contribution is -2.53. The van der Waals surface area contributed by atoms with E-state index in [9.17, 15) is 0 Å². The Kier molecular flexibility index (Phi) is 16.7. The molecular weight excluding hydrogens is 937 g/mol. The summed E-state index contributed by atoms with van der Waals surface area (Å²) in [5.74, 6) is 16.0. The summed E-state index contributed by atoms with van der Waals surface area (Å²) in [7, 11) is 0. The van der Waals surface area contributed by atoms with E-state index in [1.165, 1.54) is 180 Å². The van der Waals surface area contributed by atoms with Crippen LogP contribution in [-0.4, -0.2) is 70.6 Å². The van der Waals surface area contributed by atoms with Gasteiger partial charge in [-0.25, -0.2) is 0 Å². The molecule has 0 bridgehead atoms. The molecule has 5 heteroatoms. The molecule has 0 spiro atoms. The maximum absolute atomic E-state index is 7.23. The fourth-order valence-corrected chi connectivity index (χ4v) is 26.4. The van der Waals surface area contributed by atoms with E-state index >= 15 is 0 Å². The van der Waals surface area contributed by atoms with Crippen LogP contribution in [0.2, 0.25) is 0 Å². The summed E-state index contributed by atoms with van der Waals surface area (Å²) >= 11 is 0. The zero-order chi connectivity index (χ0) is 50.8. The van der Waals surface area contributed by atoms with E-state index in [1.54, 1.807) is 116 Å². The van der Waals surface area contributed by atoms with Crippen LogP contribution in [-0.2, 0) is 4.74 Å². The largest absolute Gasteiger partial charge is 0.345 e. The van der Waals surface area contributed by atoms with Crippen LogP contribution in [0.5, 0.6) is 0 Å². The first-order valence-electron chi connectivity index (χ1n) is 36.9. The molecule has 12 saturated carbocycles. The average Bonchev–Trinajstić information content (AvgIpc) is 4.19. The average molecular weight is 1060 g/mol. The van der Waals surface area contributed by atoms with Crippen molar-refractivity contribution in [3.8, 4) is 0 Å². The first-order valence-corrected chi connectivity index (χ1v) is 36.9. The standard InChI is InChI=1S/C72H120N4O/c1-5-17-51(18-6-1)75(52-19-7-2-8-20-52)55-37-39-61-65(45-55)57-25-13-15-27-59(57)69(61)49-33-29-47(30-34-49)67-43-41-63-64-42-44-68(74-72(64)77-71(63)73-67)48-31-35-50(36-32-48)70-60-28-16-14-26-58(60)66-46-56(38-40-62(66)70)76(53-21-9-3-10-22-53)54-23-11-4-12-24-54/h47-74H,1-46H2. The third kappa shape index (κ3) is 10.6. The summed E-state index contributed by atoms with van der Waals surface area (Å²) in [6, 6.07) is 6.92. The summed E-state index contributed by atoms with van der Waals surface area (Å²) in [6.07, 6.45) is 70.7. The zero-order valence-electron chi connectivity index (χ0n) is 49.8. The van der Waals surface area contributed by atoms with Crippen LogP contribution in [0.15, 0.2) is 0 Å². The van der Waals surface area contributed by atoms with Crippen LogP contribution >= 0.6 is 0 Å². The molecule has 18 unspecified atom stereocenters. The number of hydrogen-bond acceptors (Lipinski definition) is 5. The molecule has 0 aromatic heterocycles. The monoisotopic (exact) mass is 1060 g/mol. The van der Waals surface area contributed by atoms with Crippen molar-refractivity contribution in [1.82, 2.24) is 20.4 Å². The number of nitrogens with one attached hydrogen (secondary N) is 2. The Hall–Kier alpha value is -0.200. The van der Waals surface area contributed by atoms with Crippen LogP contribution in [0.1, 0.15) is 295 Å². The minimum absolute atomic E-state index is 0.310. The molecular formula is C72H120N4O. The molecule has 3 aliphatic heterocycles. The summed E-state index contributed by atoms with van der Waals surface area (Å²) in [4.78, 5) is 6.60. The maximum atomic E-state index is 7.23. The highest BCUT2D eigenvalue weighted by Gasteiger charge is 2.59. The third-order valence-corrected chi connectivity index (χ3v) is 29.4. The summed E-state index contributed by atoms with van der Waals surface area (Å²) in [5, 5.41) is 8.67. The van der Waals surface area contributed by atoms with Crippen molar-refractivity contribution in [2.75, 3.05) is 0 Å². The Bertz CT molecular complexity index is 1700. The normalized spacial score (nSPS) is 49.6. The molecule has 0 aromatic carbocycles. The van der Waals surface area contributed by atoms with E-state index in [2.05, 4.69) is 20.4 Å². The molecule has 2 N–H and O–H groups in total. The molecule has 18 atom stereocenters. The molecule has 15 fully saturated rings. The van der Waals surface area contributed by atoms with Crippen molar-refractivity contribution in [2.24, 2.45) is 94.7 Å². The summed E-state index contributed by atoms with van der Waals surface area (Å²) in [5.41, 5.74) is 0. The Morgan fingerprint density at radius 2 is 0.519 bits per heavy atom. The van der Waals surface area contributed by atoms with Gasteiger partial charge < -0.3 is 4.74 Å². The van der Waals surface area contributed by atoms with E-state index in [4.69, 9.17) is 4.74 Å². The number of piperidine rings is 2. The Morgan fingerprint density at radius 3 is 0.883 bits per heavy atom. The van der Waals surface area contributed by atoms with Crippen LogP contribution < -0.4 is 10.6 Å². The number of hydrogen-bond donors (Lipinski definition) is 2. The molecule has 5 nitrogen and oxygen atoms in total. The minimum Gasteiger partial charge on any atom is -0.345 e. The van der Waals surface area contributed by atoms with Crippen LogP contribution in [0, 0.1) is 94.7 Å². The molecule has 12 aliphatic carbocycles. The molecule has 434 valence electrons. The predicted octanol–water partition coefficient (Wildman–Crippen LogP) is 17.4.